The Morgan fingerprint density at radius 2 is 1.81 bits per heavy atom. The lowest BCUT2D eigenvalue weighted by molar-refractivity contribution is 0.317. The van der Waals surface area contributed by atoms with Crippen LogP contribution in [0.15, 0.2) is 48.5 Å². The number of nitrogens with one attached hydrogen (secondary N) is 1. The molecule has 1 unspecified atom stereocenters. The minimum Gasteiger partial charge on any atom is -0.508 e. The van der Waals surface area contributed by atoms with Crippen LogP contribution in [0.1, 0.15) is 37.4 Å². The summed E-state index contributed by atoms with van der Waals surface area (Å²) in [4.78, 5) is 0. The van der Waals surface area contributed by atoms with Crippen molar-refractivity contribution >= 4 is 0 Å². The topological polar surface area (TPSA) is 41.5 Å². The van der Waals surface area contributed by atoms with Crippen LogP contribution in [0.2, 0.25) is 0 Å². The van der Waals surface area contributed by atoms with Gasteiger partial charge in [-0.25, -0.2) is 0 Å². The SMILES string of the molecule is CCCOc1ccc(C(C)NCc2ccccc2O)cc1. The molecule has 21 heavy (non-hydrogen) atoms. The Labute approximate surface area is 126 Å². The second-order valence-electron chi connectivity index (χ2n) is 5.15. The maximum atomic E-state index is 9.76. The first-order valence-corrected chi connectivity index (χ1v) is 7.43. The molecular formula is C18H23NO2. The van der Waals surface area contributed by atoms with Gasteiger partial charge in [-0.3, -0.25) is 0 Å². The Kier molecular flexibility index (Phi) is 5.64. The average Bonchev–Trinajstić information content (AvgIpc) is 2.52. The number of hydrogen-bond donors (Lipinski definition) is 2. The van der Waals surface area contributed by atoms with Crippen molar-refractivity contribution in [2.75, 3.05) is 6.61 Å². The van der Waals surface area contributed by atoms with Crippen LogP contribution >= 0.6 is 0 Å². The van der Waals surface area contributed by atoms with E-state index in [1.807, 2.05) is 30.3 Å². The molecule has 0 spiro atoms. The van der Waals surface area contributed by atoms with Gasteiger partial charge in [0.25, 0.3) is 0 Å². The zero-order valence-corrected chi connectivity index (χ0v) is 12.7. The summed E-state index contributed by atoms with van der Waals surface area (Å²) in [6, 6.07) is 15.8. The van der Waals surface area contributed by atoms with Crippen LogP contribution in [0.5, 0.6) is 11.5 Å². The molecule has 0 fully saturated rings. The summed E-state index contributed by atoms with van der Waals surface area (Å²) in [7, 11) is 0. The largest absolute Gasteiger partial charge is 0.508 e. The van der Waals surface area contributed by atoms with Crippen LogP contribution in [0, 0.1) is 0 Å². The summed E-state index contributed by atoms with van der Waals surface area (Å²) in [6.45, 7) is 5.60. The van der Waals surface area contributed by atoms with Crippen LogP contribution in [0.25, 0.3) is 0 Å². The van der Waals surface area contributed by atoms with Crippen LogP contribution in [0.4, 0.5) is 0 Å². The Morgan fingerprint density at radius 3 is 2.48 bits per heavy atom. The molecule has 1 atom stereocenters. The molecular weight excluding hydrogens is 262 g/mol. The lowest BCUT2D eigenvalue weighted by Gasteiger charge is -2.15. The average molecular weight is 285 g/mol. The van der Waals surface area contributed by atoms with Gasteiger partial charge in [0.2, 0.25) is 0 Å². The van der Waals surface area contributed by atoms with E-state index in [1.54, 1.807) is 6.07 Å². The van der Waals surface area contributed by atoms with E-state index in [0.29, 0.717) is 12.3 Å². The van der Waals surface area contributed by atoms with Gasteiger partial charge in [-0.15, -0.1) is 0 Å². The first kappa shape index (κ1) is 15.4. The number of aromatic hydroxyl groups is 1. The quantitative estimate of drug-likeness (QED) is 0.807. The van der Waals surface area contributed by atoms with E-state index in [-0.39, 0.29) is 6.04 Å². The van der Waals surface area contributed by atoms with E-state index in [0.717, 1.165) is 24.3 Å². The van der Waals surface area contributed by atoms with Gasteiger partial charge < -0.3 is 15.2 Å². The van der Waals surface area contributed by atoms with Crippen LogP contribution in [0.3, 0.4) is 0 Å². The molecule has 3 heteroatoms. The number of rotatable bonds is 7. The van der Waals surface area contributed by atoms with Gasteiger partial charge in [-0.1, -0.05) is 37.3 Å². The Balaban J connectivity index is 1.91. The smallest absolute Gasteiger partial charge is 0.120 e. The molecule has 0 amide bonds. The van der Waals surface area contributed by atoms with Crippen LogP contribution < -0.4 is 10.1 Å². The Hall–Kier alpha value is -2.00. The molecule has 112 valence electrons. The molecule has 0 aliphatic carbocycles. The summed E-state index contributed by atoms with van der Waals surface area (Å²) in [5, 5.41) is 13.2. The highest BCUT2D eigenvalue weighted by molar-refractivity contribution is 5.32. The third-order valence-electron chi connectivity index (χ3n) is 3.44. The Morgan fingerprint density at radius 1 is 1.10 bits per heavy atom. The van der Waals surface area contributed by atoms with E-state index in [2.05, 4.69) is 31.3 Å². The molecule has 0 heterocycles. The van der Waals surface area contributed by atoms with E-state index in [9.17, 15) is 5.11 Å². The van der Waals surface area contributed by atoms with Crippen LogP contribution in [-0.4, -0.2) is 11.7 Å². The lowest BCUT2D eigenvalue weighted by atomic mass is 10.1. The van der Waals surface area contributed by atoms with Crippen molar-refractivity contribution in [3.05, 3.63) is 59.7 Å². The second-order valence-corrected chi connectivity index (χ2v) is 5.15. The van der Waals surface area contributed by atoms with Crippen molar-refractivity contribution in [2.45, 2.75) is 32.9 Å². The summed E-state index contributed by atoms with van der Waals surface area (Å²) in [5.74, 6) is 1.24. The van der Waals surface area contributed by atoms with Gasteiger partial charge >= 0.3 is 0 Å². The van der Waals surface area contributed by atoms with E-state index in [4.69, 9.17) is 4.74 Å². The monoisotopic (exact) mass is 285 g/mol. The number of ether oxygens (including phenoxy) is 1. The number of benzene rings is 2. The predicted octanol–water partition coefficient (Wildman–Crippen LogP) is 4.03. The van der Waals surface area contributed by atoms with E-state index < -0.39 is 0 Å². The molecule has 0 aromatic heterocycles. The van der Waals surface area contributed by atoms with Crippen molar-refractivity contribution in [1.29, 1.82) is 0 Å². The van der Waals surface area contributed by atoms with Gasteiger partial charge in [0, 0.05) is 18.2 Å². The fourth-order valence-corrected chi connectivity index (χ4v) is 2.11. The molecule has 0 aliphatic heterocycles. The van der Waals surface area contributed by atoms with Crippen molar-refractivity contribution in [2.24, 2.45) is 0 Å². The number of phenols is 1. The first-order valence-electron chi connectivity index (χ1n) is 7.43. The van der Waals surface area contributed by atoms with Crippen LogP contribution in [-0.2, 0) is 6.54 Å². The third kappa shape index (κ3) is 4.50. The minimum absolute atomic E-state index is 0.213. The molecule has 2 rings (SSSR count). The highest BCUT2D eigenvalue weighted by Crippen LogP contribution is 2.20. The fourth-order valence-electron chi connectivity index (χ4n) is 2.11. The summed E-state index contributed by atoms with van der Waals surface area (Å²) < 4.78 is 5.58. The molecule has 0 saturated carbocycles. The maximum Gasteiger partial charge on any atom is 0.120 e. The van der Waals surface area contributed by atoms with Crippen molar-refractivity contribution in [1.82, 2.24) is 5.32 Å². The van der Waals surface area contributed by atoms with Crippen molar-refractivity contribution in [3.8, 4) is 11.5 Å². The van der Waals surface area contributed by atoms with Crippen molar-refractivity contribution < 1.29 is 9.84 Å². The lowest BCUT2D eigenvalue weighted by Crippen LogP contribution is -2.18. The summed E-state index contributed by atoms with van der Waals surface area (Å²) >= 11 is 0. The highest BCUT2D eigenvalue weighted by Gasteiger charge is 2.06. The van der Waals surface area contributed by atoms with Gasteiger partial charge in [-0.2, -0.15) is 0 Å². The zero-order valence-electron chi connectivity index (χ0n) is 12.7. The molecule has 2 aromatic rings. The Bertz CT molecular complexity index is 551. The normalized spacial score (nSPS) is 12.1. The van der Waals surface area contributed by atoms with Gasteiger partial charge in [0.15, 0.2) is 0 Å². The first-order chi connectivity index (χ1) is 10.2. The molecule has 0 radical (unpaired) electrons. The van der Waals surface area contributed by atoms with E-state index in [1.165, 1.54) is 5.56 Å². The molecule has 0 bridgehead atoms. The van der Waals surface area contributed by atoms with Gasteiger partial charge in [-0.05, 0) is 37.1 Å². The van der Waals surface area contributed by atoms with E-state index >= 15 is 0 Å². The second kappa shape index (κ2) is 7.70. The fraction of sp³-hybridized carbons (Fsp3) is 0.333. The standard InChI is InChI=1S/C18H23NO2/c1-3-12-21-17-10-8-15(9-11-17)14(2)19-13-16-6-4-5-7-18(16)20/h4-11,14,19-20H,3,12-13H2,1-2H3. The van der Waals surface area contributed by atoms with Gasteiger partial charge in [0.1, 0.15) is 11.5 Å². The third-order valence-corrected chi connectivity index (χ3v) is 3.44. The molecule has 0 saturated heterocycles. The number of phenolic OH excluding ortho intramolecular Hbond substituents is 1. The predicted molar refractivity (Wildman–Crippen MR) is 85.6 cm³/mol. The molecule has 2 aromatic carbocycles. The number of hydrogen-bond acceptors (Lipinski definition) is 3. The summed E-state index contributed by atoms with van der Waals surface area (Å²) in [5.41, 5.74) is 2.11. The molecule has 2 N–H and O–H groups in total. The molecule has 3 nitrogen and oxygen atoms in total. The minimum atomic E-state index is 0.213. The van der Waals surface area contributed by atoms with Gasteiger partial charge in [0.05, 0.1) is 6.61 Å². The summed E-state index contributed by atoms with van der Waals surface area (Å²) in [6.07, 6.45) is 1.01. The van der Waals surface area contributed by atoms with Crippen molar-refractivity contribution in [3.63, 3.8) is 0 Å². The molecule has 0 aliphatic rings. The zero-order chi connectivity index (χ0) is 15.1. The maximum absolute atomic E-state index is 9.76. The highest BCUT2D eigenvalue weighted by atomic mass is 16.5. The number of para-hydroxylation sites is 1.